The zero-order chi connectivity index (χ0) is 95.1. The van der Waals surface area contributed by atoms with Crippen LogP contribution in [-0.4, -0.2) is 56.0 Å². The third kappa shape index (κ3) is 10.6. The number of aromatic nitrogens is 12. The first-order valence-corrected chi connectivity index (χ1v) is 49.7. The van der Waals surface area contributed by atoms with Crippen LogP contribution in [-0.2, 0) is 0 Å². The SMILES string of the molecule is N#Cc1cccc(-c2nc(-n3c4ccccc4c4cc5c6ccccc6n6c7c8ccccc8ccc7c(c43)c56)nc3ccccc23)c1.c1cc(-n2c3ccccc3c3cccnc32)cc(-n2c3ccccc3c3cc4c5ccccc5n5c6c7ccccc7ccc6c(c32)c45)c1.c1cc(-n2c3ccccc3c3ccncc32)cc(-n2c3ccccc3c3cc4c5ccccc5n5c6c7ccccc7ccc6c(c32)c45)c1. The Balaban J connectivity index is 0.0000000958. The van der Waals surface area contributed by atoms with Crippen LogP contribution in [0.1, 0.15) is 5.56 Å². The van der Waals surface area contributed by atoms with E-state index in [4.69, 9.17) is 15.0 Å². The van der Waals surface area contributed by atoms with Crippen molar-refractivity contribution in [2.45, 2.75) is 0 Å². The van der Waals surface area contributed by atoms with E-state index in [1.807, 2.05) is 67.1 Å². The Hall–Kier alpha value is -20.1. The summed E-state index contributed by atoms with van der Waals surface area (Å²) in [6.45, 7) is 0. The molecule has 13 nitrogen and oxygen atoms in total. The molecule has 14 aromatic heterocycles. The molecule has 0 aliphatic rings. The molecular weight excluding hydrogens is 1780 g/mol. The summed E-state index contributed by atoms with van der Waals surface area (Å²) in [7, 11) is 0. The number of para-hydroxylation sites is 9. The first kappa shape index (κ1) is 78.8. The summed E-state index contributed by atoms with van der Waals surface area (Å²) >= 11 is 0. The minimum absolute atomic E-state index is 0.598. The Morgan fingerprint density at radius 2 is 0.548 bits per heavy atom. The predicted molar refractivity (Wildman–Crippen MR) is 606 cm³/mol. The van der Waals surface area contributed by atoms with Gasteiger partial charge in [0.15, 0.2) is 0 Å². The maximum atomic E-state index is 9.72. The third-order valence-electron chi connectivity index (χ3n) is 31.6. The molecule has 0 amide bonds. The lowest BCUT2D eigenvalue weighted by atomic mass is 10.0. The molecule has 0 radical (unpaired) electrons. The molecule has 146 heavy (non-hydrogen) atoms. The van der Waals surface area contributed by atoms with Crippen LogP contribution in [0.25, 0.3) is 307 Å². The highest BCUT2D eigenvalue weighted by molar-refractivity contribution is 6.40. The van der Waals surface area contributed by atoms with Gasteiger partial charge in [0.1, 0.15) is 5.65 Å². The van der Waals surface area contributed by atoms with Crippen molar-refractivity contribution in [1.82, 2.24) is 56.0 Å². The lowest BCUT2D eigenvalue weighted by Gasteiger charge is -2.13. The van der Waals surface area contributed by atoms with E-state index in [0.717, 1.165) is 83.4 Å². The summed E-state index contributed by atoms with van der Waals surface area (Å²) in [6, 6.07) is 160. The van der Waals surface area contributed by atoms with Crippen LogP contribution >= 0.6 is 0 Å². The third-order valence-corrected chi connectivity index (χ3v) is 31.6. The zero-order valence-corrected chi connectivity index (χ0v) is 78.1. The molecule has 0 bridgehead atoms. The standard InChI is InChI=1S/2C45H26N4.C43H23N5/c1-2-14-30-27(11-1)22-23-35-41-43-36(26-37-33-17-5-8-21-40(33)49(42(30)35)44(37)41)32-16-4-6-19-38(32)47(43)28-12-9-13-29(25-28)48-39-20-7-3-15-31(39)34-18-10-24-46-45(34)48;1-2-13-30-27(10-1)20-21-35-42-44-36(25-37-33-16-5-8-19-40(33)49(43(30)35)45(37)42)32-15-4-7-18-39(32)48(44)29-12-9-11-28(24-29)47-38-17-6-3-14-31(38)34-22-23-46-26-41(34)47;44-24-25-10-9-12-27(22-25)39-31-16-3-6-17-35(31)45-43(46-39)48-37-19-8-5-15-30(37)34-23-33-29-14-4-7-18-36(29)47-40-28-13-2-1-11-26(28)20-21-32(40)38(41(33)47)42(34)48/h2*1-26H;1-23H. The van der Waals surface area contributed by atoms with E-state index in [1.165, 1.54) is 217 Å². The lowest BCUT2D eigenvalue weighted by molar-refractivity contribution is 1.02. The minimum atomic E-state index is 0.598. The minimum Gasteiger partial charge on any atom is -0.308 e. The average Bonchev–Trinajstić information content (AvgIpc) is 1.51. The van der Waals surface area contributed by atoms with Gasteiger partial charge < -0.3 is 26.9 Å². The van der Waals surface area contributed by atoms with Crippen LogP contribution in [0.3, 0.4) is 0 Å². The number of rotatable bonds is 6. The molecule has 0 fully saturated rings. The van der Waals surface area contributed by atoms with Gasteiger partial charge in [-0.15, -0.1) is 0 Å². The summed E-state index contributed by atoms with van der Waals surface area (Å²) in [5.74, 6) is 0.602. The van der Waals surface area contributed by atoms with Crippen LogP contribution in [0.4, 0.5) is 0 Å². The summed E-state index contributed by atoms with van der Waals surface area (Å²) in [5, 5.41) is 45.6. The van der Waals surface area contributed by atoms with E-state index >= 15 is 0 Å². The molecular formula is C133H75N13. The van der Waals surface area contributed by atoms with Crippen molar-refractivity contribution >= 4 is 267 Å². The van der Waals surface area contributed by atoms with Gasteiger partial charge in [0.25, 0.3) is 0 Å². The molecule has 13 heteroatoms. The molecule has 35 rings (SSSR count). The average molecular weight is 1860 g/mol. The topological polar surface area (TPSA) is 113 Å². The number of nitrogens with zero attached hydrogens (tertiary/aromatic N) is 13. The number of fused-ring (bicyclic) bond motifs is 43. The second-order valence-corrected chi connectivity index (χ2v) is 38.9. The van der Waals surface area contributed by atoms with Crippen molar-refractivity contribution in [3.63, 3.8) is 0 Å². The van der Waals surface area contributed by atoms with Crippen molar-refractivity contribution in [3.05, 3.63) is 461 Å². The van der Waals surface area contributed by atoms with E-state index < -0.39 is 0 Å². The molecule has 35 aromatic rings. The fourth-order valence-electron chi connectivity index (χ4n) is 25.8. The van der Waals surface area contributed by atoms with E-state index in [-0.39, 0.29) is 0 Å². The molecule has 0 atom stereocenters. The summed E-state index contributed by atoms with van der Waals surface area (Å²) in [5.41, 5.74) is 30.3. The van der Waals surface area contributed by atoms with Gasteiger partial charge in [0.2, 0.25) is 5.95 Å². The van der Waals surface area contributed by atoms with Crippen molar-refractivity contribution in [2.75, 3.05) is 0 Å². The maximum Gasteiger partial charge on any atom is 0.235 e. The highest BCUT2D eigenvalue weighted by atomic mass is 15.2. The lowest BCUT2D eigenvalue weighted by Crippen LogP contribution is -2.03. The van der Waals surface area contributed by atoms with E-state index in [1.54, 1.807) is 0 Å². The quantitative estimate of drug-likeness (QED) is 0.165. The maximum absolute atomic E-state index is 9.72. The van der Waals surface area contributed by atoms with Crippen LogP contribution in [0.2, 0.25) is 0 Å². The van der Waals surface area contributed by atoms with Gasteiger partial charge in [0.05, 0.1) is 128 Å². The Morgan fingerprint density at radius 1 is 0.205 bits per heavy atom. The second kappa shape index (κ2) is 29.5. The molecule has 0 saturated carbocycles. The number of hydrogen-bond donors (Lipinski definition) is 0. The van der Waals surface area contributed by atoms with E-state index in [0.29, 0.717) is 11.5 Å². The summed E-state index contributed by atoms with van der Waals surface area (Å²) < 4.78 is 19.4. The van der Waals surface area contributed by atoms with Gasteiger partial charge in [-0.3, -0.25) is 14.1 Å². The van der Waals surface area contributed by atoms with Gasteiger partial charge >= 0.3 is 0 Å². The van der Waals surface area contributed by atoms with Gasteiger partial charge in [0, 0.05) is 181 Å². The Kier molecular flexibility index (Phi) is 15.9. The predicted octanol–water partition coefficient (Wildman–Crippen LogP) is 33.7. The van der Waals surface area contributed by atoms with Crippen LogP contribution < -0.4 is 0 Å². The molecule has 672 valence electrons. The van der Waals surface area contributed by atoms with Gasteiger partial charge in [-0.05, 0) is 156 Å². The van der Waals surface area contributed by atoms with Gasteiger partial charge in [-0.1, -0.05) is 297 Å². The molecule has 0 saturated heterocycles. The van der Waals surface area contributed by atoms with Crippen LogP contribution in [0.15, 0.2) is 455 Å². The van der Waals surface area contributed by atoms with Gasteiger partial charge in [-0.2, -0.15) is 5.26 Å². The monoisotopic (exact) mass is 1850 g/mol. The smallest absolute Gasteiger partial charge is 0.235 e. The number of pyridine rings is 2. The largest absolute Gasteiger partial charge is 0.308 e. The van der Waals surface area contributed by atoms with E-state index in [2.05, 4.69) is 435 Å². The summed E-state index contributed by atoms with van der Waals surface area (Å²) in [6.07, 6.45) is 5.76. The molecule has 0 spiro atoms. The highest BCUT2D eigenvalue weighted by Crippen LogP contribution is 2.54. The van der Waals surface area contributed by atoms with Crippen LogP contribution in [0.5, 0.6) is 0 Å². The zero-order valence-electron chi connectivity index (χ0n) is 78.1. The fourth-order valence-corrected chi connectivity index (χ4v) is 25.8. The fraction of sp³-hybridized carbons (Fsp3) is 0. The van der Waals surface area contributed by atoms with Crippen molar-refractivity contribution in [1.29, 1.82) is 5.26 Å². The van der Waals surface area contributed by atoms with Gasteiger partial charge in [-0.25, -0.2) is 15.0 Å². The number of hydrogen-bond acceptors (Lipinski definition) is 5. The number of nitriles is 1. The first-order chi connectivity index (χ1) is 72.5. The molecule has 21 aromatic carbocycles. The van der Waals surface area contributed by atoms with Crippen molar-refractivity contribution < 1.29 is 0 Å². The molecule has 0 N–H and O–H groups in total. The molecule has 0 aliphatic heterocycles. The Morgan fingerprint density at radius 3 is 1.01 bits per heavy atom. The normalized spacial score (nSPS) is 12.4. The second-order valence-electron chi connectivity index (χ2n) is 38.9. The summed E-state index contributed by atoms with van der Waals surface area (Å²) in [4.78, 5) is 20.0. The highest BCUT2D eigenvalue weighted by Gasteiger charge is 2.32. The Labute approximate surface area is 829 Å². The number of benzene rings is 21. The van der Waals surface area contributed by atoms with Crippen LogP contribution in [0, 0.1) is 11.3 Å². The van der Waals surface area contributed by atoms with E-state index in [9.17, 15) is 5.26 Å². The van der Waals surface area contributed by atoms with Crippen molar-refractivity contribution in [3.8, 4) is 46.0 Å². The first-order valence-electron chi connectivity index (χ1n) is 49.7. The van der Waals surface area contributed by atoms with Crippen molar-refractivity contribution in [2.24, 2.45) is 0 Å². The Bertz CT molecular complexity index is 11400. The molecule has 14 heterocycles. The molecule has 0 aliphatic carbocycles. The molecule has 0 unspecified atom stereocenters.